The molecular formula is C22H33NO2. The highest BCUT2D eigenvalue weighted by Crippen LogP contribution is 2.40. The predicted molar refractivity (Wildman–Crippen MR) is 106 cm³/mol. The molecule has 0 aromatic heterocycles. The molecule has 0 saturated heterocycles. The minimum atomic E-state index is -0.182. The summed E-state index contributed by atoms with van der Waals surface area (Å²) in [6.45, 7) is 11.1. The van der Waals surface area contributed by atoms with E-state index in [2.05, 4.69) is 45.2 Å². The van der Waals surface area contributed by atoms with Gasteiger partial charge in [0.25, 0.3) is 0 Å². The summed E-state index contributed by atoms with van der Waals surface area (Å²) >= 11 is 0. The maximum Gasteiger partial charge on any atom is 0.244 e. The highest BCUT2D eigenvalue weighted by atomic mass is 16.3. The van der Waals surface area contributed by atoms with Gasteiger partial charge in [-0.1, -0.05) is 55.4 Å². The Balaban J connectivity index is 2.69. The van der Waals surface area contributed by atoms with Gasteiger partial charge in [0.2, 0.25) is 5.91 Å². The smallest absolute Gasteiger partial charge is 0.244 e. The maximum atomic E-state index is 11.5. The Kier molecular flexibility index (Phi) is 8.64. The van der Waals surface area contributed by atoms with Crippen molar-refractivity contribution < 1.29 is 9.90 Å². The first-order chi connectivity index (χ1) is 11.8. The zero-order valence-corrected chi connectivity index (χ0v) is 16.4. The van der Waals surface area contributed by atoms with Crippen molar-refractivity contribution in [3.05, 3.63) is 58.7 Å². The van der Waals surface area contributed by atoms with Crippen molar-refractivity contribution in [3.63, 3.8) is 0 Å². The molecule has 3 nitrogen and oxygen atoms in total. The fraction of sp³-hybridized carbons (Fsp3) is 0.500. The normalized spacial score (nSPS) is 19.1. The number of carbonyl (C=O) groups is 1. The van der Waals surface area contributed by atoms with Gasteiger partial charge >= 0.3 is 0 Å². The molecule has 2 N–H and O–H groups in total. The average Bonchev–Trinajstić information content (AvgIpc) is 2.51. The van der Waals surface area contributed by atoms with Gasteiger partial charge in [0.15, 0.2) is 0 Å². The number of rotatable bonds is 7. The molecule has 1 rings (SSSR count). The molecule has 138 valence electrons. The van der Waals surface area contributed by atoms with Crippen LogP contribution < -0.4 is 5.32 Å². The standard InChI is InChI=1S/C22H33NO2/c1-17(8-6-9-18(2)16-21(25)23-14-15-24)11-12-20-19(3)10-7-13-22(20,4)5/h6,8-9,11-12,16,24H,7,10,13-15H2,1-5H3,(H,23,25)/b9-6+,12-11+,17-8+,18-16+. The zero-order chi connectivity index (χ0) is 18.9. The third kappa shape index (κ3) is 7.70. The molecule has 25 heavy (non-hydrogen) atoms. The second-order valence-electron chi connectivity index (χ2n) is 7.44. The van der Waals surface area contributed by atoms with Crippen LogP contribution in [0.5, 0.6) is 0 Å². The monoisotopic (exact) mass is 343 g/mol. The Hall–Kier alpha value is -1.87. The van der Waals surface area contributed by atoms with E-state index >= 15 is 0 Å². The van der Waals surface area contributed by atoms with Crippen LogP contribution in [0.2, 0.25) is 0 Å². The molecule has 0 fully saturated rings. The number of hydrogen-bond donors (Lipinski definition) is 2. The summed E-state index contributed by atoms with van der Waals surface area (Å²) in [7, 11) is 0. The Morgan fingerprint density at radius 3 is 2.60 bits per heavy atom. The first-order valence-corrected chi connectivity index (χ1v) is 9.06. The van der Waals surface area contributed by atoms with Crippen LogP contribution in [0.3, 0.4) is 0 Å². The van der Waals surface area contributed by atoms with E-state index in [0.717, 1.165) is 5.57 Å². The summed E-state index contributed by atoms with van der Waals surface area (Å²) in [5, 5.41) is 11.3. The summed E-state index contributed by atoms with van der Waals surface area (Å²) in [6.07, 6.45) is 15.6. The van der Waals surface area contributed by atoms with Crippen molar-refractivity contribution in [2.24, 2.45) is 5.41 Å². The van der Waals surface area contributed by atoms with E-state index in [9.17, 15) is 4.79 Å². The summed E-state index contributed by atoms with van der Waals surface area (Å²) in [6, 6.07) is 0. The maximum absolute atomic E-state index is 11.5. The van der Waals surface area contributed by atoms with Crippen molar-refractivity contribution in [2.45, 2.75) is 53.9 Å². The van der Waals surface area contributed by atoms with E-state index < -0.39 is 0 Å². The van der Waals surface area contributed by atoms with Gasteiger partial charge in [0.1, 0.15) is 0 Å². The third-order valence-electron chi connectivity index (χ3n) is 4.54. The van der Waals surface area contributed by atoms with Crippen LogP contribution in [0.15, 0.2) is 58.7 Å². The molecule has 0 saturated carbocycles. The number of aliphatic hydroxyl groups excluding tert-OH is 1. The van der Waals surface area contributed by atoms with Crippen molar-refractivity contribution >= 4 is 5.91 Å². The van der Waals surface area contributed by atoms with Crippen molar-refractivity contribution in [3.8, 4) is 0 Å². The lowest BCUT2D eigenvalue weighted by Crippen LogP contribution is -2.24. The highest BCUT2D eigenvalue weighted by Gasteiger charge is 2.26. The molecule has 0 spiro atoms. The van der Waals surface area contributed by atoms with Crippen molar-refractivity contribution in [2.75, 3.05) is 13.2 Å². The van der Waals surface area contributed by atoms with Gasteiger partial charge in [-0.25, -0.2) is 0 Å². The Labute approximate surface area is 152 Å². The lowest BCUT2D eigenvalue weighted by molar-refractivity contribution is -0.116. The minimum absolute atomic E-state index is 0.0462. The van der Waals surface area contributed by atoms with Crippen molar-refractivity contribution in [1.29, 1.82) is 0 Å². The molecule has 3 heteroatoms. The minimum Gasteiger partial charge on any atom is -0.395 e. The molecule has 0 aromatic carbocycles. The van der Waals surface area contributed by atoms with Gasteiger partial charge < -0.3 is 10.4 Å². The zero-order valence-electron chi connectivity index (χ0n) is 16.4. The quantitative estimate of drug-likeness (QED) is 0.523. The highest BCUT2D eigenvalue weighted by molar-refractivity contribution is 5.88. The molecular weight excluding hydrogens is 310 g/mol. The topological polar surface area (TPSA) is 49.3 Å². The fourth-order valence-electron chi connectivity index (χ4n) is 3.12. The largest absolute Gasteiger partial charge is 0.395 e. The van der Waals surface area contributed by atoms with Gasteiger partial charge in [0.05, 0.1) is 6.61 Å². The van der Waals surface area contributed by atoms with Gasteiger partial charge in [-0.05, 0) is 56.6 Å². The molecule has 0 heterocycles. The molecule has 0 radical (unpaired) electrons. The van der Waals surface area contributed by atoms with E-state index in [4.69, 9.17) is 5.11 Å². The van der Waals surface area contributed by atoms with Gasteiger partial charge in [0, 0.05) is 12.6 Å². The van der Waals surface area contributed by atoms with Gasteiger partial charge in [-0.15, -0.1) is 0 Å². The summed E-state index contributed by atoms with van der Waals surface area (Å²) < 4.78 is 0. The van der Waals surface area contributed by atoms with Crippen LogP contribution >= 0.6 is 0 Å². The van der Waals surface area contributed by atoms with Gasteiger partial charge in [-0.3, -0.25) is 4.79 Å². The van der Waals surface area contributed by atoms with Crippen molar-refractivity contribution in [1.82, 2.24) is 5.32 Å². The number of amides is 1. The number of aliphatic hydroxyl groups is 1. The molecule has 0 aliphatic heterocycles. The van der Waals surface area contributed by atoms with Crippen LogP contribution in [0.4, 0.5) is 0 Å². The molecule has 0 unspecified atom stereocenters. The lowest BCUT2D eigenvalue weighted by Gasteiger charge is -2.32. The lowest BCUT2D eigenvalue weighted by atomic mass is 9.72. The molecule has 1 amide bonds. The van der Waals surface area contributed by atoms with Crippen LogP contribution in [0, 0.1) is 5.41 Å². The molecule has 0 atom stereocenters. The number of carbonyl (C=O) groups excluding carboxylic acids is 1. The Morgan fingerprint density at radius 2 is 1.96 bits per heavy atom. The molecule has 1 aliphatic carbocycles. The van der Waals surface area contributed by atoms with Crippen LogP contribution in [-0.4, -0.2) is 24.2 Å². The van der Waals surface area contributed by atoms with Crippen LogP contribution in [0.25, 0.3) is 0 Å². The summed E-state index contributed by atoms with van der Waals surface area (Å²) in [4.78, 5) is 11.5. The average molecular weight is 344 g/mol. The van der Waals surface area contributed by atoms with E-state index in [1.807, 2.05) is 25.2 Å². The Morgan fingerprint density at radius 1 is 1.24 bits per heavy atom. The van der Waals surface area contributed by atoms with E-state index in [-0.39, 0.29) is 24.5 Å². The van der Waals surface area contributed by atoms with Gasteiger partial charge in [-0.2, -0.15) is 0 Å². The molecule has 0 bridgehead atoms. The predicted octanol–water partition coefficient (Wildman–Crippen LogP) is 4.63. The Bertz CT molecular complexity index is 616. The molecule has 0 aromatic rings. The third-order valence-corrected chi connectivity index (χ3v) is 4.54. The number of allylic oxidation sites excluding steroid dienone is 9. The second-order valence-corrected chi connectivity index (χ2v) is 7.44. The molecule has 1 aliphatic rings. The summed E-state index contributed by atoms with van der Waals surface area (Å²) in [5.74, 6) is -0.182. The van der Waals surface area contributed by atoms with E-state index in [1.165, 1.54) is 42.1 Å². The first kappa shape index (κ1) is 21.2. The second kappa shape index (κ2) is 10.2. The van der Waals surface area contributed by atoms with Crippen LogP contribution in [0.1, 0.15) is 53.9 Å². The number of nitrogens with one attached hydrogen (secondary N) is 1. The SMILES string of the molecule is CC1=C(/C=C/C(C)=C/C=C/C(C)=C/C(=O)NCCO)C(C)(C)CCC1. The van der Waals surface area contributed by atoms with Crippen LogP contribution in [-0.2, 0) is 4.79 Å². The van der Waals surface area contributed by atoms with E-state index in [1.54, 1.807) is 0 Å². The first-order valence-electron chi connectivity index (χ1n) is 9.06. The fourth-order valence-corrected chi connectivity index (χ4v) is 3.12. The van der Waals surface area contributed by atoms with E-state index in [0.29, 0.717) is 0 Å². The number of hydrogen-bond acceptors (Lipinski definition) is 2. The summed E-state index contributed by atoms with van der Waals surface area (Å²) in [5.41, 5.74) is 5.28.